The third-order valence-electron chi connectivity index (χ3n) is 1.45. The second kappa shape index (κ2) is 4.44. The van der Waals surface area contributed by atoms with Gasteiger partial charge in [-0.15, -0.1) is 0 Å². The topological polar surface area (TPSA) is 37.3 Å². The van der Waals surface area contributed by atoms with Gasteiger partial charge in [0, 0.05) is 11.1 Å². The summed E-state index contributed by atoms with van der Waals surface area (Å²) in [5.74, 6) is 5.36. The molecule has 0 unspecified atom stereocenters. The molecule has 66 valence electrons. The van der Waals surface area contributed by atoms with E-state index < -0.39 is 6.10 Å². The van der Waals surface area contributed by atoms with Gasteiger partial charge in [-0.3, -0.25) is 4.79 Å². The first-order valence-electron chi connectivity index (χ1n) is 3.97. The van der Waals surface area contributed by atoms with Crippen LogP contribution >= 0.6 is 0 Å². The van der Waals surface area contributed by atoms with Gasteiger partial charge in [-0.1, -0.05) is 24.0 Å². The monoisotopic (exact) mass is 174 g/mol. The first-order chi connectivity index (χ1) is 6.22. The van der Waals surface area contributed by atoms with Gasteiger partial charge in [0.05, 0.1) is 0 Å². The lowest BCUT2D eigenvalue weighted by molar-refractivity contribution is 0.112. The first kappa shape index (κ1) is 9.50. The molecule has 1 atom stereocenters. The Morgan fingerprint density at radius 3 is 2.92 bits per heavy atom. The molecular formula is C11H10O2. The number of carbonyl (C=O) groups excluding carboxylic acids is 1. The van der Waals surface area contributed by atoms with Gasteiger partial charge < -0.3 is 5.11 Å². The van der Waals surface area contributed by atoms with Gasteiger partial charge in [0.2, 0.25) is 0 Å². The fraction of sp³-hybridized carbons (Fsp3) is 0.182. The number of aliphatic hydroxyl groups is 1. The molecule has 2 heteroatoms. The van der Waals surface area contributed by atoms with Crippen LogP contribution in [0.25, 0.3) is 0 Å². The van der Waals surface area contributed by atoms with E-state index in [4.69, 9.17) is 5.11 Å². The standard InChI is InChI=1S/C11H10O2/c1-9(13)5-6-10-3-2-4-11(7-10)8-12/h2-4,7-9,13H,1H3/t9-/m1/s1. The van der Waals surface area contributed by atoms with E-state index >= 15 is 0 Å². The van der Waals surface area contributed by atoms with Gasteiger partial charge in [0.25, 0.3) is 0 Å². The molecule has 0 amide bonds. The molecule has 1 rings (SSSR count). The normalized spacial score (nSPS) is 11.2. The maximum atomic E-state index is 10.4. The van der Waals surface area contributed by atoms with E-state index in [2.05, 4.69) is 11.8 Å². The van der Waals surface area contributed by atoms with Gasteiger partial charge >= 0.3 is 0 Å². The van der Waals surface area contributed by atoms with Crippen LogP contribution in [0, 0.1) is 11.8 Å². The highest BCUT2D eigenvalue weighted by Gasteiger charge is 1.90. The summed E-state index contributed by atoms with van der Waals surface area (Å²) in [5.41, 5.74) is 1.34. The summed E-state index contributed by atoms with van der Waals surface area (Å²) in [7, 11) is 0. The minimum atomic E-state index is -0.639. The molecule has 0 aliphatic carbocycles. The Bertz CT molecular complexity index is 356. The summed E-state index contributed by atoms with van der Waals surface area (Å²) in [5, 5.41) is 8.90. The third-order valence-corrected chi connectivity index (χ3v) is 1.45. The van der Waals surface area contributed by atoms with Crippen LogP contribution < -0.4 is 0 Å². The number of rotatable bonds is 1. The van der Waals surface area contributed by atoms with Crippen LogP contribution in [0.1, 0.15) is 22.8 Å². The van der Waals surface area contributed by atoms with E-state index in [-0.39, 0.29) is 0 Å². The Hall–Kier alpha value is -1.59. The molecule has 0 bridgehead atoms. The van der Waals surface area contributed by atoms with Gasteiger partial charge in [-0.25, -0.2) is 0 Å². The molecule has 1 N–H and O–H groups in total. The molecule has 1 aromatic carbocycles. The Labute approximate surface area is 77.2 Å². The predicted octanol–water partition coefficient (Wildman–Crippen LogP) is 1.23. The minimum absolute atomic E-state index is 0.595. The summed E-state index contributed by atoms with van der Waals surface area (Å²) in [6.07, 6.45) is 0.132. The quantitative estimate of drug-likeness (QED) is 0.513. The molecule has 1 aromatic rings. The molecule has 0 fully saturated rings. The highest BCUT2D eigenvalue weighted by molar-refractivity contribution is 5.75. The predicted molar refractivity (Wildman–Crippen MR) is 50.4 cm³/mol. The van der Waals surface area contributed by atoms with Gasteiger partial charge in [-0.2, -0.15) is 0 Å². The lowest BCUT2D eigenvalue weighted by Crippen LogP contribution is -1.92. The number of aliphatic hydroxyl groups excluding tert-OH is 1. The average Bonchev–Trinajstić information content (AvgIpc) is 2.15. The molecule has 0 spiro atoms. The van der Waals surface area contributed by atoms with Crippen molar-refractivity contribution < 1.29 is 9.90 Å². The highest BCUT2D eigenvalue weighted by atomic mass is 16.3. The number of hydrogen-bond acceptors (Lipinski definition) is 2. The van der Waals surface area contributed by atoms with Crippen LogP contribution in [0.3, 0.4) is 0 Å². The fourth-order valence-electron chi connectivity index (χ4n) is 0.878. The van der Waals surface area contributed by atoms with Gasteiger partial charge in [-0.05, 0) is 19.1 Å². The summed E-state index contributed by atoms with van der Waals surface area (Å²) in [6.45, 7) is 1.59. The molecule has 13 heavy (non-hydrogen) atoms. The second-order valence-corrected chi connectivity index (χ2v) is 2.69. The number of aldehydes is 1. The minimum Gasteiger partial charge on any atom is -0.381 e. The molecule has 0 heterocycles. The molecule has 0 saturated heterocycles. The maximum absolute atomic E-state index is 10.4. The Morgan fingerprint density at radius 2 is 2.31 bits per heavy atom. The zero-order valence-electron chi connectivity index (χ0n) is 7.32. The van der Waals surface area contributed by atoms with E-state index in [0.29, 0.717) is 5.56 Å². The second-order valence-electron chi connectivity index (χ2n) is 2.69. The smallest absolute Gasteiger partial charge is 0.150 e. The summed E-state index contributed by atoms with van der Waals surface area (Å²) >= 11 is 0. The van der Waals surface area contributed by atoms with Crippen molar-refractivity contribution in [1.29, 1.82) is 0 Å². The third kappa shape index (κ3) is 3.10. The summed E-state index contributed by atoms with van der Waals surface area (Å²) in [6, 6.07) is 6.95. The lowest BCUT2D eigenvalue weighted by atomic mass is 10.1. The molecule has 0 radical (unpaired) electrons. The van der Waals surface area contributed by atoms with Gasteiger partial charge in [0.15, 0.2) is 0 Å². The number of hydrogen-bond donors (Lipinski definition) is 1. The molecule has 0 aromatic heterocycles. The zero-order chi connectivity index (χ0) is 9.68. The van der Waals surface area contributed by atoms with Crippen LogP contribution in [0.4, 0.5) is 0 Å². The van der Waals surface area contributed by atoms with Crippen LogP contribution in [0.15, 0.2) is 24.3 Å². The van der Waals surface area contributed by atoms with E-state index in [1.54, 1.807) is 31.2 Å². The van der Waals surface area contributed by atoms with Crippen molar-refractivity contribution in [2.24, 2.45) is 0 Å². The van der Waals surface area contributed by atoms with Gasteiger partial charge in [0.1, 0.15) is 12.4 Å². The van der Waals surface area contributed by atoms with Crippen molar-refractivity contribution in [3.8, 4) is 11.8 Å². The molecule has 0 aliphatic heterocycles. The summed E-state index contributed by atoms with van der Waals surface area (Å²) in [4.78, 5) is 10.4. The number of benzene rings is 1. The summed E-state index contributed by atoms with van der Waals surface area (Å²) < 4.78 is 0. The first-order valence-corrected chi connectivity index (χ1v) is 3.97. The Kier molecular flexibility index (Phi) is 3.24. The van der Waals surface area contributed by atoms with Crippen molar-refractivity contribution in [3.05, 3.63) is 35.4 Å². The van der Waals surface area contributed by atoms with Crippen molar-refractivity contribution in [3.63, 3.8) is 0 Å². The van der Waals surface area contributed by atoms with E-state index in [1.165, 1.54) is 0 Å². The Balaban J connectivity index is 2.91. The average molecular weight is 174 g/mol. The van der Waals surface area contributed by atoms with Crippen LogP contribution in [-0.4, -0.2) is 17.5 Å². The van der Waals surface area contributed by atoms with E-state index in [1.807, 2.05) is 0 Å². The maximum Gasteiger partial charge on any atom is 0.150 e. The SMILES string of the molecule is C[C@@H](O)C#Cc1cccc(C=O)c1. The zero-order valence-corrected chi connectivity index (χ0v) is 7.32. The van der Waals surface area contributed by atoms with Crippen LogP contribution in [-0.2, 0) is 0 Å². The number of carbonyl (C=O) groups is 1. The van der Waals surface area contributed by atoms with Crippen molar-refractivity contribution in [2.75, 3.05) is 0 Å². The molecular weight excluding hydrogens is 164 g/mol. The fourth-order valence-corrected chi connectivity index (χ4v) is 0.878. The van der Waals surface area contributed by atoms with E-state index in [0.717, 1.165) is 11.8 Å². The molecule has 0 saturated carbocycles. The van der Waals surface area contributed by atoms with E-state index in [9.17, 15) is 4.79 Å². The van der Waals surface area contributed by atoms with Crippen molar-refractivity contribution in [1.82, 2.24) is 0 Å². The largest absolute Gasteiger partial charge is 0.381 e. The molecule has 0 aliphatic rings. The lowest BCUT2D eigenvalue weighted by Gasteiger charge is -1.92. The van der Waals surface area contributed by atoms with Crippen LogP contribution in [0.5, 0.6) is 0 Å². The Morgan fingerprint density at radius 1 is 1.54 bits per heavy atom. The van der Waals surface area contributed by atoms with Crippen molar-refractivity contribution >= 4 is 6.29 Å². The van der Waals surface area contributed by atoms with Crippen molar-refractivity contribution in [2.45, 2.75) is 13.0 Å². The molecule has 2 nitrogen and oxygen atoms in total. The highest BCUT2D eigenvalue weighted by Crippen LogP contribution is 2.01. The van der Waals surface area contributed by atoms with Crippen LogP contribution in [0.2, 0.25) is 0 Å².